The van der Waals surface area contributed by atoms with E-state index in [4.69, 9.17) is 9.47 Å². The highest BCUT2D eigenvalue weighted by molar-refractivity contribution is 6.18. The molecule has 7 atom stereocenters. The minimum absolute atomic E-state index is 0.0162. The van der Waals surface area contributed by atoms with Crippen LogP contribution in [-0.4, -0.2) is 58.3 Å². The largest absolute Gasteiger partial charge is 0.459 e. The zero-order chi connectivity index (χ0) is 24.3. The van der Waals surface area contributed by atoms with Gasteiger partial charge in [0.25, 0.3) is 0 Å². The van der Waals surface area contributed by atoms with Gasteiger partial charge in [-0.1, -0.05) is 39.3 Å². The van der Waals surface area contributed by atoms with E-state index < -0.39 is 36.5 Å². The number of hydrogen-bond acceptors (Lipinski definition) is 7. The molecule has 2 saturated carbocycles. The predicted molar refractivity (Wildman–Crippen MR) is 120 cm³/mol. The second-order valence-electron chi connectivity index (χ2n) is 11.4. The molecule has 33 heavy (non-hydrogen) atoms. The first-order chi connectivity index (χ1) is 15.3. The Kier molecular flexibility index (Phi) is 5.99. The van der Waals surface area contributed by atoms with Gasteiger partial charge in [0, 0.05) is 5.57 Å². The Morgan fingerprint density at radius 3 is 2.64 bits per heavy atom. The monoisotopic (exact) mass is 460 g/mol. The SMILES string of the molecule is C=C1CC[C@H]2C(C)(C)CCC[C@]2(C)[C@H]1C[C@]12O[C@H]1C(=O)C(COC(=O)C(O)C(C)O)=CC2=O. The molecule has 0 amide bonds. The Balaban J connectivity index is 1.51. The average molecular weight is 461 g/mol. The van der Waals surface area contributed by atoms with E-state index >= 15 is 0 Å². The van der Waals surface area contributed by atoms with Gasteiger partial charge in [0.1, 0.15) is 6.61 Å². The maximum absolute atomic E-state index is 13.2. The van der Waals surface area contributed by atoms with Gasteiger partial charge in [-0.15, -0.1) is 0 Å². The number of aliphatic hydroxyl groups excluding tert-OH is 2. The van der Waals surface area contributed by atoms with Gasteiger partial charge >= 0.3 is 5.97 Å². The summed E-state index contributed by atoms with van der Waals surface area (Å²) in [5, 5.41) is 18.9. The smallest absolute Gasteiger partial charge is 0.338 e. The van der Waals surface area contributed by atoms with Gasteiger partial charge in [-0.25, -0.2) is 4.79 Å². The van der Waals surface area contributed by atoms with Crippen molar-refractivity contribution < 1.29 is 34.1 Å². The lowest BCUT2D eigenvalue weighted by molar-refractivity contribution is -0.158. The van der Waals surface area contributed by atoms with E-state index in [9.17, 15) is 24.6 Å². The molecule has 0 spiro atoms. The third kappa shape index (κ3) is 3.92. The summed E-state index contributed by atoms with van der Waals surface area (Å²) in [6, 6.07) is 0. The van der Waals surface area contributed by atoms with Crippen molar-refractivity contribution >= 4 is 17.5 Å². The zero-order valence-corrected chi connectivity index (χ0v) is 20.1. The molecule has 3 fully saturated rings. The predicted octanol–water partition coefficient (Wildman–Crippen LogP) is 2.68. The molecule has 1 heterocycles. The van der Waals surface area contributed by atoms with Gasteiger partial charge in [-0.3, -0.25) is 9.59 Å². The van der Waals surface area contributed by atoms with Crippen LogP contribution in [0.1, 0.15) is 66.2 Å². The number of esters is 1. The van der Waals surface area contributed by atoms with E-state index in [0.29, 0.717) is 12.3 Å². The van der Waals surface area contributed by atoms with Gasteiger partial charge in [0.05, 0.1) is 6.10 Å². The highest BCUT2D eigenvalue weighted by Crippen LogP contribution is 2.64. The maximum atomic E-state index is 13.2. The van der Waals surface area contributed by atoms with E-state index in [2.05, 4.69) is 27.4 Å². The number of Topliss-reactive ketones (excluding diaryl/α,β-unsaturated/α-hetero) is 1. The Morgan fingerprint density at radius 1 is 1.27 bits per heavy atom. The second-order valence-corrected chi connectivity index (χ2v) is 11.4. The molecule has 0 aromatic heterocycles. The molecule has 182 valence electrons. The number of aliphatic hydroxyl groups is 2. The van der Waals surface area contributed by atoms with Crippen LogP contribution in [0.4, 0.5) is 0 Å². The third-order valence-electron chi connectivity index (χ3n) is 8.87. The summed E-state index contributed by atoms with van der Waals surface area (Å²) in [5.74, 6) is -1.05. The first-order valence-electron chi connectivity index (χ1n) is 12.0. The van der Waals surface area contributed by atoms with Crippen LogP contribution in [0, 0.1) is 22.7 Å². The normalized spacial score (nSPS) is 39.2. The first-order valence-corrected chi connectivity index (χ1v) is 12.0. The minimum atomic E-state index is -1.71. The fourth-order valence-corrected chi connectivity index (χ4v) is 6.90. The minimum Gasteiger partial charge on any atom is -0.459 e. The quantitative estimate of drug-likeness (QED) is 0.356. The number of carbonyl (C=O) groups excluding carboxylic acids is 3. The standard InChI is InChI=1S/C26H36O7/c1-14-7-8-18-24(3,4)9-6-10-25(18,5)17(14)12-26-19(28)11-16(21(30)22(26)33-26)13-32-23(31)20(29)15(2)27/h11,15,17-18,20,22,27,29H,1,6-10,12-13H2,2-5H3/t15?,17-,18-,20?,22-,25+,26+/m0/s1. The Morgan fingerprint density at radius 2 is 1.97 bits per heavy atom. The van der Waals surface area contributed by atoms with Crippen LogP contribution in [0.5, 0.6) is 0 Å². The molecule has 1 aliphatic heterocycles. The van der Waals surface area contributed by atoms with Crippen molar-refractivity contribution in [1.29, 1.82) is 0 Å². The van der Waals surface area contributed by atoms with Crippen LogP contribution in [0.2, 0.25) is 0 Å². The zero-order valence-electron chi connectivity index (χ0n) is 20.1. The number of rotatable bonds is 6. The molecule has 4 rings (SSSR count). The number of epoxide rings is 1. The lowest BCUT2D eigenvalue weighted by Gasteiger charge is -2.58. The van der Waals surface area contributed by atoms with Crippen molar-refractivity contribution in [3.63, 3.8) is 0 Å². The van der Waals surface area contributed by atoms with Crippen molar-refractivity contribution in [1.82, 2.24) is 0 Å². The van der Waals surface area contributed by atoms with Gasteiger partial charge in [0.15, 0.2) is 29.4 Å². The van der Waals surface area contributed by atoms with E-state index in [1.165, 1.54) is 19.4 Å². The van der Waals surface area contributed by atoms with Crippen LogP contribution in [0.3, 0.4) is 0 Å². The van der Waals surface area contributed by atoms with E-state index in [1.807, 2.05) is 0 Å². The second kappa shape index (κ2) is 8.14. The van der Waals surface area contributed by atoms with Gasteiger partial charge < -0.3 is 19.7 Å². The summed E-state index contributed by atoms with van der Waals surface area (Å²) < 4.78 is 10.8. The summed E-state index contributed by atoms with van der Waals surface area (Å²) in [6.45, 7) is 12.2. The molecule has 2 unspecified atom stereocenters. The fourth-order valence-electron chi connectivity index (χ4n) is 6.90. The van der Waals surface area contributed by atoms with Gasteiger partial charge in [-0.2, -0.15) is 0 Å². The van der Waals surface area contributed by atoms with Crippen LogP contribution < -0.4 is 0 Å². The molecule has 3 aliphatic carbocycles. The van der Waals surface area contributed by atoms with Crippen molar-refractivity contribution in [2.24, 2.45) is 22.7 Å². The maximum Gasteiger partial charge on any atom is 0.338 e. The molecule has 7 heteroatoms. The summed E-state index contributed by atoms with van der Waals surface area (Å²) in [7, 11) is 0. The van der Waals surface area contributed by atoms with Crippen LogP contribution in [0.25, 0.3) is 0 Å². The highest BCUT2D eigenvalue weighted by Gasteiger charge is 2.69. The number of fused-ring (bicyclic) bond motifs is 2. The Bertz CT molecular complexity index is 916. The Hall–Kier alpha value is -1.83. The highest BCUT2D eigenvalue weighted by atomic mass is 16.6. The van der Waals surface area contributed by atoms with Crippen molar-refractivity contribution in [2.75, 3.05) is 6.61 Å². The van der Waals surface area contributed by atoms with Gasteiger partial charge in [0.2, 0.25) is 0 Å². The molecule has 0 bridgehead atoms. The Labute approximate surface area is 195 Å². The molecular formula is C26H36O7. The van der Waals surface area contributed by atoms with Crippen molar-refractivity contribution in [3.05, 3.63) is 23.8 Å². The molecule has 7 nitrogen and oxygen atoms in total. The van der Waals surface area contributed by atoms with E-state index in [0.717, 1.165) is 31.3 Å². The molecule has 0 aromatic rings. The van der Waals surface area contributed by atoms with E-state index in [1.54, 1.807) is 0 Å². The van der Waals surface area contributed by atoms with Gasteiger partial charge in [-0.05, 0) is 67.8 Å². The fraction of sp³-hybridized carbons (Fsp3) is 0.731. The lowest BCUT2D eigenvalue weighted by atomic mass is 9.46. The number of ether oxygens (including phenoxy) is 2. The van der Waals surface area contributed by atoms with Crippen LogP contribution in [0.15, 0.2) is 23.8 Å². The summed E-state index contributed by atoms with van der Waals surface area (Å²) in [5.41, 5.74) is 0.292. The van der Waals surface area contributed by atoms with E-state index in [-0.39, 0.29) is 33.9 Å². The average Bonchev–Trinajstić information content (AvgIpc) is 3.47. The number of allylic oxidation sites excluding steroid dienone is 1. The van der Waals surface area contributed by atoms with Crippen molar-refractivity contribution in [2.45, 2.75) is 90.1 Å². The molecule has 4 aliphatic rings. The van der Waals surface area contributed by atoms with Crippen LogP contribution in [-0.2, 0) is 23.9 Å². The first kappa shape index (κ1) is 24.3. The topological polar surface area (TPSA) is 113 Å². The summed E-state index contributed by atoms with van der Waals surface area (Å²) in [4.78, 5) is 37.9. The van der Waals surface area contributed by atoms with Crippen molar-refractivity contribution in [3.8, 4) is 0 Å². The number of carbonyl (C=O) groups is 3. The molecule has 1 saturated heterocycles. The molecular weight excluding hydrogens is 424 g/mol. The third-order valence-corrected chi connectivity index (χ3v) is 8.87. The summed E-state index contributed by atoms with van der Waals surface area (Å²) >= 11 is 0. The molecule has 0 aromatic carbocycles. The molecule has 0 radical (unpaired) electrons. The molecule has 2 N–H and O–H groups in total. The number of ketones is 2. The lowest BCUT2D eigenvalue weighted by Crippen LogP contribution is -2.51. The number of hydrogen-bond donors (Lipinski definition) is 2. The summed E-state index contributed by atoms with van der Waals surface area (Å²) in [6.07, 6.45) is 3.27. The van der Waals surface area contributed by atoms with Crippen LogP contribution >= 0.6 is 0 Å².